The molecule has 6 rings (SSSR count). The zero-order chi connectivity index (χ0) is 28.9. The fourth-order valence-corrected chi connectivity index (χ4v) is 9.56. The highest BCUT2D eigenvalue weighted by Gasteiger charge is 2.77. The monoisotopic (exact) mass is 576 g/mol. The molecule has 3 aliphatic rings. The summed E-state index contributed by atoms with van der Waals surface area (Å²) in [7, 11) is 0. The molecule has 2 unspecified atom stereocenters. The second-order valence-corrected chi connectivity index (χ2v) is 13.8. The van der Waals surface area contributed by atoms with E-state index in [-0.39, 0.29) is 36.9 Å². The van der Waals surface area contributed by atoms with Crippen molar-refractivity contribution in [3.05, 3.63) is 60.2 Å². The first kappa shape index (κ1) is 27.7. The molecular formula is C30H36N6O4S. The van der Waals surface area contributed by atoms with Gasteiger partial charge < -0.3 is 20.6 Å². The van der Waals surface area contributed by atoms with Crippen molar-refractivity contribution in [2.45, 2.75) is 68.4 Å². The quantitative estimate of drug-likeness (QED) is 0.357. The highest BCUT2D eigenvalue weighted by Crippen LogP contribution is 2.71. The van der Waals surface area contributed by atoms with Crippen LogP contribution in [0.3, 0.4) is 0 Å². The van der Waals surface area contributed by atoms with E-state index in [4.69, 9.17) is 0 Å². The number of aliphatic hydroxyl groups excluding tert-OH is 1. The first-order valence-corrected chi connectivity index (χ1v) is 15.0. The summed E-state index contributed by atoms with van der Waals surface area (Å²) < 4.78 is 0.383. The topological polar surface area (TPSA) is 129 Å². The van der Waals surface area contributed by atoms with E-state index in [0.717, 1.165) is 23.0 Å². The number of benzene rings is 2. The Kier molecular flexibility index (Phi) is 7.05. The van der Waals surface area contributed by atoms with Gasteiger partial charge in [-0.1, -0.05) is 61.5 Å². The normalized spacial score (nSPS) is 29.2. The molecule has 11 heteroatoms. The lowest BCUT2D eigenvalue weighted by molar-refractivity contribution is -0.144. The average molecular weight is 577 g/mol. The lowest BCUT2D eigenvalue weighted by Gasteiger charge is -2.38. The highest BCUT2D eigenvalue weighted by atomic mass is 32.2. The molecule has 3 fully saturated rings. The average Bonchev–Trinajstić information content (AvgIpc) is 3.67. The second kappa shape index (κ2) is 10.4. The number of hydrogen-bond donors (Lipinski definition) is 3. The summed E-state index contributed by atoms with van der Waals surface area (Å²) in [6.07, 6.45) is 1.37. The molecule has 2 aromatic carbocycles. The van der Waals surface area contributed by atoms with Crippen LogP contribution in [0.4, 0.5) is 0 Å². The Morgan fingerprint density at radius 3 is 2.54 bits per heavy atom. The van der Waals surface area contributed by atoms with Crippen molar-refractivity contribution in [3.8, 4) is 0 Å². The molecule has 10 nitrogen and oxygen atoms in total. The molecule has 0 radical (unpaired) electrons. The standard InChI is InChI=1S/C30H36N6O4S/c1-18(2)22(16-37)36-25(27(39)32-17-35-21-12-8-7-11-20(21)33-34-35)30-14-13-29(3,41-30)23(24(30)28(36)40)26(38)31-15-19-9-5-4-6-10-19/h4-12,18,22-25,37H,13-17H2,1-3H3,(H,31,38)(H,32,39)/t22-,23+,24-,25?,29-,30?/m0/s1. The molecule has 1 aromatic heterocycles. The van der Waals surface area contributed by atoms with Gasteiger partial charge in [-0.25, -0.2) is 4.68 Å². The second-order valence-electron chi connectivity index (χ2n) is 11.9. The molecule has 216 valence electrons. The van der Waals surface area contributed by atoms with Gasteiger partial charge in [0.1, 0.15) is 18.2 Å². The predicted octanol–water partition coefficient (Wildman–Crippen LogP) is 2.32. The minimum atomic E-state index is -0.826. The van der Waals surface area contributed by atoms with Crippen molar-refractivity contribution >= 4 is 40.5 Å². The minimum Gasteiger partial charge on any atom is -0.394 e. The Morgan fingerprint density at radius 2 is 1.80 bits per heavy atom. The number of likely N-dealkylation sites (tertiary alicyclic amines) is 1. The van der Waals surface area contributed by atoms with Crippen LogP contribution in [0.1, 0.15) is 39.2 Å². The number of carbonyl (C=O) groups is 3. The summed E-state index contributed by atoms with van der Waals surface area (Å²) in [6, 6.07) is 15.8. The Hall–Kier alpha value is -3.44. The summed E-state index contributed by atoms with van der Waals surface area (Å²) in [5.74, 6) is -2.01. The van der Waals surface area contributed by atoms with Crippen LogP contribution in [0.2, 0.25) is 0 Å². The molecule has 3 N–H and O–H groups in total. The zero-order valence-corrected chi connectivity index (χ0v) is 24.3. The Balaban J connectivity index is 1.31. The highest BCUT2D eigenvalue weighted by molar-refractivity contribution is 8.02. The van der Waals surface area contributed by atoms with Gasteiger partial charge in [-0.2, -0.15) is 0 Å². The number of nitrogens with zero attached hydrogens (tertiary/aromatic N) is 4. The molecule has 0 aliphatic carbocycles. The van der Waals surface area contributed by atoms with E-state index in [1.165, 1.54) is 0 Å². The molecular weight excluding hydrogens is 540 g/mol. The van der Waals surface area contributed by atoms with Crippen LogP contribution in [0.15, 0.2) is 54.6 Å². The van der Waals surface area contributed by atoms with Crippen molar-refractivity contribution in [1.82, 2.24) is 30.5 Å². The Morgan fingerprint density at radius 1 is 1.07 bits per heavy atom. The molecule has 3 aliphatic heterocycles. The van der Waals surface area contributed by atoms with E-state index in [9.17, 15) is 19.5 Å². The number of nitrogens with one attached hydrogen (secondary N) is 2. The maximum atomic E-state index is 14.3. The van der Waals surface area contributed by atoms with Gasteiger partial charge in [-0.05, 0) is 43.4 Å². The predicted molar refractivity (Wildman–Crippen MR) is 155 cm³/mol. The van der Waals surface area contributed by atoms with E-state index in [0.29, 0.717) is 13.0 Å². The maximum Gasteiger partial charge on any atom is 0.245 e. The molecule has 41 heavy (non-hydrogen) atoms. The van der Waals surface area contributed by atoms with Crippen LogP contribution in [-0.2, 0) is 27.6 Å². The van der Waals surface area contributed by atoms with Gasteiger partial charge in [0.2, 0.25) is 17.7 Å². The van der Waals surface area contributed by atoms with E-state index in [2.05, 4.69) is 27.9 Å². The lowest BCUT2D eigenvalue weighted by atomic mass is 9.66. The maximum absolute atomic E-state index is 14.3. The fourth-order valence-electron chi connectivity index (χ4n) is 7.22. The van der Waals surface area contributed by atoms with Crippen LogP contribution in [-0.4, -0.2) is 70.9 Å². The van der Waals surface area contributed by atoms with Gasteiger partial charge in [-0.3, -0.25) is 14.4 Å². The molecule has 1 spiro atoms. The summed E-state index contributed by atoms with van der Waals surface area (Å²) in [5.41, 5.74) is 2.49. The smallest absolute Gasteiger partial charge is 0.245 e. The van der Waals surface area contributed by atoms with Gasteiger partial charge in [0.25, 0.3) is 0 Å². The van der Waals surface area contributed by atoms with Gasteiger partial charge in [0.15, 0.2) is 0 Å². The number of carbonyl (C=O) groups excluding carboxylic acids is 3. The number of rotatable bonds is 9. The number of fused-ring (bicyclic) bond motifs is 2. The Bertz CT molecular complexity index is 1480. The SMILES string of the molecule is CC(C)[C@H](CO)N1C(=O)[C@@H]2[C@H](C(=O)NCc3ccccc3)[C@]3(C)CCC2(S3)C1C(=O)NCn1nnc2ccccc21. The zero-order valence-electron chi connectivity index (χ0n) is 23.5. The molecule has 3 amide bonds. The first-order valence-electron chi connectivity index (χ1n) is 14.2. The van der Waals surface area contributed by atoms with Crippen molar-refractivity contribution in [3.63, 3.8) is 0 Å². The van der Waals surface area contributed by atoms with Crippen molar-refractivity contribution in [1.29, 1.82) is 0 Å². The van der Waals surface area contributed by atoms with Crippen LogP contribution < -0.4 is 10.6 Å². The molecule has 6 atom stereocenters. The van der Waals surface area contributed by atoms with E-state index in [1.54, 1.807) is 21.3 Å². The summed E-state index contributed by atoms with van der Waals surface area (Å²) in [6.45, 7) is 6.12. The van der Waals surface area contributed by atoms with Crippen LogP contribution in [0.5, 0.6) is 0 Å². The first-order chi connectivity index (χ1) is 19.7. The van der Waals surface area contributed by atoms with Crippen molar-refractivity contribution in [2.75, 3.05) is 6.61 Å². The summed E-state index contributed by atoms with van der Waals surface area (Å²) in [4.78, 5) is 43.9. The van der Waals surface area contributed by atoms with Gasteiger partial charge in [0.05, 0.1) is 34.7 Å². The van der Waals surface area contributed by atoms with E-state index in [1.807, 2.05) is 68.4 Å². The third kappa shape index (κ3) is 4.41. The van der Waals surface area contributed by atoms with Gasteiger partial charge in [0, 0.05) is 11.3 Å². The third-order valence-electron chi connectivity index (χ3n) is 9.19. The number of amides is 3. The molecule has 2 bridgehead atoms. The van der Waals surface area contributed by atoms with E-state index >= 15 is 0 Å². The summed E-state index contributed by atoms with van der Waals surface area (Å²) in [5, 5.41) is 24.8. The van der Waals surface area contributed by atoms with Crippen LogP contribution >= 0.6 is 11.8 Å². The molecule has 4 heterocycles. The lowest BCUT2D eigenvalue weighted by Crippen LogP contribution is -2.57. The minimum absolute atomic E-state index is 0.0862. The van der Waals surface area contributed by atoms with Crippen molar-refractivity contribution in [2.24, 2.45) is 17.8 Å². The van der Waals surface area contributed by atoms with Gasteiger partial charge >= 0.3 is 0 Å². The number of hydrogen-bond acceptors (Lipinski definition) is 7. The molecule has 3 saturated heterocycles. The number of thioether (sulfide) groups is 1. The molecule has 3 aromatic rings. The number of para-hydroxylation sites is 1. The fraction of sp³-hybridized carbons (Fsp3) is 0.500. The van der Waals surface area contributed by atoms with E-state index < -0.39 is 33.4 Å². The number of aliphatic hydroxyl groups is 1. The van der Waals surface area contributed by atoms with Crippen molar-refractivity contribution < 1.29 is 19.5 Å². The third-order valence-corrected chi connectivity index (χ3v) is 11.2. The van der Waals surface area contributed by atoms with Gasteiger partial charge in [-0.15, -0.1) is 16.9 Å². The largest absolute Gasteiger partial charge is 0.394 e. The van der Waals surface area contributed by atoms with Crippen LogP contribution in [0.25, 0.3) is 11.0 Å². The number of aromatic nitrogens is 3. The Labute approximate surface area is 243 Å². The summed E-state index contributed by atoms with van der Waals surface area (Å²) >= 11 is 1.62. The molecule has 0 saturated carbocycles. The van der Waals surface area contributed by atoms with Crippen LogP contribution in [0, 0.1) is 17.8 Å².